The monoisotopic (exact) mass is 349 g/mol. The molecular formula is C20H23N5O. The van der Waals surface area contributed by atoms with Crippen molar-refractivity contribution in [3.05, 3.63) is 59.2 Å². The summed E-state index contributed by atoms with van der Waals surface area (Å²) in [7, 11) is 1.85. The molecule has 0 saturated carbocycles. The van der Waals surface area contributed by atoms with Crippen molar-refractivity contribution in [3.8, 4) is 0 Å². The first-order chi connectivity index (χ1) is 12.7. The third-order valence-electron chi connectivity index (χ3n) is 5.13. The number of aryl methyl sites for hydroxylation is 2. The lowest BCUT2D eigenvalue weighted by atomic mass is 10.00. The number of rotatable bonds is 3. The van der Waals surface area contributed by atoms with Gasteiger partial charge in [-0.15, -0.1) is 5.10 Å². The first-order valence-corrected chi connectivity index (χ1v) is 9.07. The highest BCUT2D eigenvalue weighted by atomic mass is 16.2. The number of nitrogens with zero attached hydrogens (tertiary/aromatic N) is 4. The van der Waals surface area contributed by atoms with Crippen LogP contribution in [0.3, 0.4) is 0 Å². The number of carbonyl (C=O) groups excluding carboxylic acids is 1. The van der Waals surface area contributed by atoms with Gasteiger partial charge in [-0.05, 0) is 35.7 Å². The number of amides is 1. The van der Waals surface area contributed by atoms with E-state index in [2.05, 4.69) is 46.8 Å². The first kappa shape index (κ1) is 16.7. The van der Waals surface area contributed by atoms with Crippen LogP contribution in [0.5, 0.6) is 0 Å². The van der Waals surface area contributed by atoms with Gasteiger partial charge in [0.1, 0.15) is 5.52 Å². The number of hydrogen-bond donors (Lipinski definition) is 1. The molecule has 1 N–H and O–H groups in total. The lowest BCUT2D eigenvalue weighted by Crippen LogP contribution is -2.48. The highest BCUT2D eigenvalue weighted by Crippen LogP contribution is 2.25. The number of piperazine rings is 1. The van der Waals surface area contributed by atoms with Crippen LogP contribution >= 0.6 is 0 Å². The van der Waals surface area contributed by atoms with E-state index in [1.165, 1.54) is 11.1 Å². The molecule has 1 aromatic heterocycles. The van der Waals surface area contributed by atoms with Gasteiger partial charge in [0.05, 0.1) is 11.6 Å². The second kappa shape index (κ2) is 6.88. The summed E-state index contributed by atoms with van der Waals surface area (Å²) >= 11 is 0. The summed E-state index contributed by atoms with van der Waals surface area (Å²) in [4.78, 5) is 15.2. The minimum Gasteiger partial charge on any atom is -0.329 e. The van der Waals surface area contributed by atoms with E-state index >= 15 is 0 Å². The Hall–Kier alpha value is -2.73. The Morgan fingerprint density at radius 2 is 2.04 bits per heavy atom. The standard InChI is InChI=1S/C20H23N5O/c1-3-14-4-6-15(7-5-14)19-13-21-10-11-25(19)20(26)16-8-9-18-17(12-16)22-23-24(18)2/h4-9,12,19,21H,3,10-11,13H2,1-2H3. The van der Waals surface area contributed by atoms with Gasteiger partial charge in [-0.25, -0.2) is 4.68 Å². The van der Waals surface area contributed by atoms with Crippen molar-refractivity contribution >= 4 is 16.9 Å². The summed E-state index contributed by atoms with van der Waals surface area (Å²) in [6.45, 7) is 4.42. The van der Waals surface area contributed by atoms with Gasteiger partial charge in [0.25, 0.3) is 5.91 Å². The van der Waals surface area contributed by atoms with Crippen molar-refractivity contribution in [3.63, 3.8) is 0 Å². The molecule has 0 spiro atoms. The van der Waals surface area contributed by atoms with Gasteiger partial charge in [-0.1, -0.05) is 36.4 Å². The SMILES string of the molecule is CCc1ccc(C2CNCCN2C(=O)c2ccc3c(c2)nnn3C)cc1. The van der Waals surface area contributed by atoms with E-state index in [4.69, 9.17) is 0 Å². The molecule has 1 aliphatic rings. The van der Waals surface area contributed by atoms with E-state index in [-0.39, 0.29) is 11.9 Å². The largest absolute Gasteiger partial charge is 0.329 e. The minimum atomic E-state index is 0.0414. The Morgan fingerprint density at radius 1 is 1.23 bits per heavy atom. The van der Waals surface area contributed by atoms with Crippen molar-refractivity contribution in [2.45, 2.75) is 19.4 Å². The van der Waals surface area contributed by atoms with Crippen molar-refractivity contribution in [2.24, 2.45) is 7.05 Å². The van der Waals surface area contributed by atoms with Gasteiger partial charge in [0, 0.05) is 32.2 Å². The molecule has 1 unspecified atom stereocenters. The van der Waals surface area contributed by atoms with Crippen LogP contribution in [0.4, 0.5) is 0 Å². The zero-order valence-corrected chi connectivity index (χ0v) is 15.1. The Labute approximate surface area is 152 Å². The normalized spacial score (nSPS) is 17.6. The van der Waals surface area contributed by atoms with Crippen molar-refractivity contribution in [1.29, 1.82) is 0 Å². The third-order valence-corrected chi connectivity index (χ3v) is 5.13. The zero-order valence-electron chi connectivity index (χ0n) is 15.1. The van der Waals surface area contributed by atoms with Gasteiger partial charge in [0.2, 0.25) is 0 Å². The second-order valence-corrected chi connectivity index (χ2v) is 6.73. The summed E-state index contributed by atoms with van der Waals surface area (Å²) in [5, 5.41) is 11.6. The molecule has 0 aliphatic carbocycles. The molecule has 0 radical (unpaired) electrons. The number of nitrogens with one attached hydrogen (secondary N) is 1. The first-order valence-electron chi connectivity index (χ1n) is 9.07. The Bertz CT molecular complexity index is 931. The summed E-state index contributed by atoms with van der Waals surface area (Å²) in [6, 6.07) is 14.2. The molecule has 0 bridgehead atoms. The number of aromatic nitrogens is 3. The predicted octanol–water partition coefficient (Wildman–Crippen LogP) is 2.32. The fourth-order valence-electron chi connectivity index (χ4n) is 3.56. The number of fused-ring (bicyclic) bond motifs is 1. The molecule has 6 heteroatoms. The molecule has 1 saturated heterocycles. The highest BCUT2D eigenvalue weighted by molar-refractivity contribution is 5.97. The van der Waals surface area contributed by atoms with Crippen molar-refractivity contribution < 1.29 is 4.79 Å². The van der Waals surface area contributed by atoms with Crippen LogP contribution in [-0.4, -0.2) is 45.4 Å². The molecule has 2 heterocycles. The molecule has 2 aromatic carbocycles. The topological polar surface area (TPSA) is 63.1 Å². The van der Waals surface area contributed by atoms with Crippen LogP contribution in [0.15, 0.2) is 42.5 Å². The minimum absolute atomic E-state index is 0.0414. The van der Waals surface area contributed by atoms with E-state index in [0.717, 1.165) is 30.5 Å². The highest BCUT2D eigenvalue weighted by Gasteiger charge is 2.28. The summed E-state index contributed by atoms with van der Waals surface area (Å²) < 4.78 is 1.71. The maximum absolute atomic E-state index is 13.2. The zero-order chi connectivity index (χ0) is 18.1. The Kier molecular flexibility index (Phi) is 4.42. The maximum Gasteiger partial charge on any atom is 0.254 e. The lowest BCUT2D eigenvalue weighted by Gasteiger charge is -2.36. The molecule has 1 amide bonds. The van der Waals surface area contributed by atoms with Crippen molar-refractivity contribution in [2.75, 3.05) is 19.6 Å². The molecule has 4 rings (SSSR count). The van der Waals surface area contributed by atoms with Gasteiger partial charge in [-0.3, -0.25) is 4.79 Å². The molecule has 1 fully saturated rings. The maximum atomic E-state index is 13.2. The van der Waals surface area contributed by atoms with E-state index in [1.807, 2.05) is 30.1 Å². The molecule has 26 heavy (non-hydrogen) atoms. The Balaban J connectivity index is 1.64. The molecule has 1 atom stereocenters. The summed E-state index contributed by atoms with van der Waals surface area (Å²) in [6.07, 6.45) is 1.02. The van der Waals surface area contributed by atoms with Crippen molar-refractivity contribution in [1.82, 2.24) is 25.2 Å². The lowest BCUT2D eigenvalue weighted by molar-refractivity contribution is 0.0634. The van der Waals surface area contributed by atoms with E-state index in [9.17, 15) is 4.79 Å². The average Bonchev–Trinajstić information content (AvgIpc) is 3.08. The Morgan fingerprint density at radius 3 is 2.81 bits per heavy atom. The van der Waals surface area contributed by atoms with Gasteiger partial charge >= 0.3 is 0 Å². The summed E-state index contributed by atoms with van der Waals surface area (Å²) in [5.74, 6) is 0.0450. The van der Waals surface area contributed by atoms with E-state index in [1.54, 1.807) is 4.68 Å². The van der Waals surface area contributed by atoms with Crippen LogP contribution in [0, 0.1) is 0 Å². The van der Waals surface area contributed by atoms with Gasteiger partial charge in [-0.2, -0.15) is 0 Å². The van der Waals surface area contributed by atoms with Crippen LogP contribution < -0.4 is 5.32 Å². The van der Waals surface area contributed by atoms with Gasteiger partial charge < -0.3 is 10.2 Å². The number of carbonyl (C=O) groups is 1. The van der Waals surface area contributed by atoms with Crippen LogP contribution in [0.25, 0.3) is 11.0 Å². The average molecular weight is 349 g/mol. The molecular weight excluding hydrogens is 326 g/mol. The smallest absolute Gasteiger partial charge is 0.254 e. The van der Waals surface area contributed by atoms with Crippen LogP contribution in [0.2, 0.25) is 0 Å². The predicted molar refractivity (Wildman–Crippen MR) is 101 cm³/mol. The quantitative estimate of drug-likeness (QED) is 0.788. The molecule has 3 aromatic rings. The molecule has 6 nitrogen and oxygen atoms in total. The second-order valence-electron chi connectivity index (χ2n) is 6.73. The number of hydrogen-bond acceptors (Lipinski definition) is 4. The van der Waals surface area contributed by atoms with E-state index < -0.39 is 0 Å². The molecule has 134 valence electrons. The fourth-order valence-corrected chi connectivity index (χ4v) is 3.56. The van der Waals surface area contributed by atoms with Crippen LogP contribution in [0.1, 0.15) is 34.5 Å². The van der Waals surface area contributed by atoms with Gasteiger partial charge in [0.15, 0.2) is 0 Å². The molecule has 1 aliphatic heterocycles. The number of benzene rings is 2. The summed E-state index contributed by atoms with van der Waals surface area (Å²) in [5.41, 5.74) is 4.81. The van der Waals surface area contributed by atoms with E-state index in [0.29, 0.717) is 12.1 Å². The van der Waals surface area contributed by atoms with Crippen LogP contribution in [-0.2, 0) is 13.5 Å². The fraction of sp³-hybridized carbons (Fsp3) is 0.350. The third kappa shape index (κ3) is 2.97.